The van der Waals surface area contributed by atoms with Gasteiger partial charge in [0.05, 0.1) is 11.9 Å². The van der Waals surface area contributed by atoms with Crippen LogP contribution in [0.15, 0.2) is 42.7 Å². The third kappa shape index (κ3) is 4.35. The van der Waals surface area contributed by atoms with Gasteiger partial charge >= 0.3 is 0 Å². The Hall–Kier alpha value is -3.42. The molecule has 3 rings (SSSR count). The second-order valence-corrected chi connectivity index (χ2v) is 5.86. The van der Waals surface area contributed by atoms with Crippen molar-refractivity contribution in [1.82, 2.24) is 25.3 Å². The highest BCUT2D eigenvalue weighted by Crippen LogP contribution is 2.15. The summed E-state index contributed by atoms with van der Waals surface area (Å²) in [7, 11) is 1.82. The van der Waals surface area contributed by atoms with Crippen LogP contribution in [-0.4, -0.2) is 31.7 Å². The molecule has 0 aliphatic carbocycles. The smallest absolute Gasteiger partial charge is 0.272 e. The molecular formula is C18H19N5O3. The molecule has 0 fully saturated rings. The first kappa shape index (κ1) is 17.4. The molecule has 8 heteroatoms. The molecule has 0 aliphatic heterocycles. The number of ether oxygens (including phenoxy) is 1. The highest BCUT2D eigenvalue weighted by molar-refractivity contribution is 5.94. The van der Waals surface area contributed by atoms with Gasteiger partial charge < -0.3 is 10.1 Å². The number of H-pyrrole nitrogens is 1. The second kappa shape index (κ2) is 7.64. The van der Waals surface area contributed by atoms with Crippen molar-refractivity contribution in [3.63, 3.8) is 0 Å². The fourth-order valence-electron chi connectivity index (χ4n) is 2.35. The number of hydrogen-bond donors (Lipinski definition) is 2. The second-order valence-electron chi connectivity index (χ2n) is 5.86. The van der Waals surface area contributed by atoms with Crippen LogP contribution in [0.4, 0.5) is 0 Å². The lowest BCUT2D eigenvalue weighted by atomic mass is 10.1. The zero-order valence-electron chi connectivity index (χ0n) is 14.5. The largest absolute Gasteiger partial charge is 0.487 e. The number of amides is 1. The standard InChI is InChI=1S/C18H19N5O3/c1-12(24)14-4-3-5-16(6-14)26-11-15-7-17(22-21-15)18(25)19-8-13-9-20-23(2)10-13/h3-7,9-10H,8,11H2,1-2H3,(H,19,25)(H,21,22). The van der Waals surface area contributed by atoms with Gasteiger partial charge in [0.2, 0.25) is 0 Å². The predicted molar refractivity (Wildman–Crippen MR) is 93.7 cm³/mol. The van der Waals surface area contributed by atoms with Crippen LogP contribution in [0.2, 0.25) is 0 Å². The minimum Gasteiger partial charge on any atom is -0.487 e. The number of aromatic amines is 1. The van der Waals surface area contributed by atoms with E-state index in [1.807, 2.05) is 13.2 Å². The molecule has 2 N–H and O–H groups in total. The van der Waals surface area contributed by atoms with E-state index in [1.54, 1.807) is 41.2 Å². The molecule has 0 radical (unpaired) electrons. The van der Waals surface area contributed by atoms with Crippen molar-refractivity contribution in [2.24, 2.45) is 7.05 Å². The molecule has 0 unspecified atom stereocenters. The summed E-state index contributed by atoms with van der Waals surface area (Å²) in [5, 5.41) is 13.6. The number of hydrogen-bond acceptors (Lipinski definition) is 5. The molecule has 0 spiro atoms. The van der Waals surface area contributed by atoms with Crippen molar-refractivity contribution in [2.45, 2.75) is 20.1 Å². The number of carbonyl (C=O) groups is 2. The molecule has 0 atom stereocenters. The molecule has 3 aromatic rings. The van der Waals surface area contributed by atoms with E-state index in [0.29, 0.717) is 23.6 Å². The van der Waals surface area contributed by atoms with E-state index in [9.17, 15) is 9.59 Å². The van der Waals surface area contributed by atoms with Crippen LogP contribution in [-0.2, 0) is 20.2 Å². The summed E-state index contributed by atoms with van der Waals surface area (Å²) in [4.78, 5) is 23.5. The van der Waals surface area contributed by atoms with Gasteiger partial charge in [-0.15, -0.1) is 0 Å². The maximum atomic E-state index is 12.1. The average Bonchev–Trinajstić information content (AvgIpc) is 3.27. The number of carbonyl (C=O) groups excluding carboxylic acids is 2. The van der Waals surface area contributed by atoms with Gasteiger partial charge in [0.25, 0.3) is 5.91 Å². The molecule has 0 aliphatic rings. The van der Waals surface area contributed by atoms with E-state index in [0.717, 1.165) is 5.56 Å². The number of Topliss-reactive ketones (excluding diaryl/α,β-unsaturated/α-hetero) is 1. The Morgan fingerprint density at radius 2 is 2.15 bits per heavy atom. The van der Waals surface area contributed by atoms with Crippen LogP contribution in [0, 0.1) is 0 Å². The van der Waals surface area contributed by atoms with Gasteiger partial charge in [-0.25, -0.2) is 0 Å². The molecule has 0 bridgehead atoms. The highest BCUT2D eigenvalue weighted by Gasteiger charge is 2.11. The topological polar surface area (TPSA) is 102 Å². The lowest BCUT2D eigenvalue weighted by Crippen LogP contribution is -2.22. The molecule has 1 amide bonds. The molecular weight excluding hydrogens is 334 g/mol. The number of rotatable bonds is 7. The minimum atomic E-state index is -0.282. The monoisotopic (exact) mass is 353 g/mol. The quantitative estimate of drug-likeness (QED) is 0.631. The molecule has 2 aromatic heterocycles. The van der Waals surface area contributed by atoms with Gasteiger partial charge in [0.15, 0.2) is 5.78 Å². The van der Waals surface area contributed by atoms with E-state index in [2.05, 4.69) is 20.6 Å². The normalized spacial score (nSPS) is 10.5. The third-order valence-corrected chi connectivity index (χ3v) is 3.71. The Morgan fingerprint density at radius 3 is 2.88 bits per heavy atom. The van der Waals surface area contributed by atoms with Gasteiger partial charge in [0.1, 0.15) is 18.1 Å². The van der Waals surface area contributed by atoms with Crippen molar-refractivity contribution in [2.75, 3.05) is 0 Å². The summed E-state index contributed by atoms with van der Waals surface area (Å²) in [5.74, 6) is 0.273. The number of nitrogens with one attached hydrogen (secondary N) is 2. The van der Waals surface area contributed by atoms with Crippen LogP contribution in [0.25, 0.3) is 0 Å². The van der Waals surface area contributed by atoms with Crippen LogP contribution in [0.5, 0.6) is 5.75 Å². The molecule has 134 valence electrons. The maximum Gasteiger partial charge on any atom is 0.272 e. The van der Waals surface area contributed by atoms with Crippen LogP contribution < -0.4 is 10.1 Å². The average molecular weight is 353 g/mol. The number of benzene rings is 1. The molecule has 2 heterocycles. The first-order chi connectivity index (χ1) is 12.5. The summed E-state index contributed by atoms with van der Waals surface area (Å²) >= 11 is 0. The zero-order chi connectivity index (χ0) is 18.5. The van der Waals surface area contributed by atoms with Crippen LogP contribution >= 0.6 is 0 Å². The van der Waals surface area contributed by atoms with Crippen molar-refractivity contribution in [3.05, 3.63) is 65.2 Å². The SMILES string of the molecule is CC(=O)c1cccc(OCc2cc(C(=O)NCc3cnn(C)c3)n[nH]2)c1. The highest BCUT2D eigenvalue weighted by atomic mass is 16.5. The first-order valence-electron chi connectivity index (χ1n) is 8.05. The first-order valence-corrected chi connectivity index (χ1v) is 8.05. The summed E-state index contributed by atoms with van der Waals surface area (Å²) < 4.78 is 7.31. The number of aryl methyl sites for hydroxylation is 1. The van der Waals surface area contributed by atoms with E-state index in [4.69, 9.17) is 4.74 Å². The Morgan fingerprint density at radius 1 is 1.31 bits per heavy atom. The Labute approximate surface area is 150 Å². The number of nitrogens with zero attached hydrogens (tertiary/aromatic N) is 3. The van der Waals surface area contributed by atoms with Crippen molar-refractivity contribution >= 4 is 11.7 Å². The number of ketones is 1. The van der Waals surface area contributed by atoms with Gasteiger partial charge in [-0.2, -0.15) is 10.2 Å². The van der Waals surface area contributed by atoms with E-state index in [1.165, 1.54) is 6.92 Å². The van der Waals surface area contributed by atoms with Crippen molar-refractivity contribution in [1.29, 1.82) is 0 Å². The molecule has 26 heavy (non-hydrogen) atoms. The summed E-state index contributed by atoms with van der Waals surface area (Å²) in [6.45, 7) is 2.10. The van der Waals surface area contributed by atoms with Crippen molar-refractivity contribution in [3.8, 4) is 5.75 Å². The zero-order valence-corrected chi connectivity index (χ0v) is 14.5. The lowest BCUT2D eigenvalue weighted by molar-refractivity contribution is 0.0945. The lowest BCUT2D eigenvalue weighted by Gasteiger charge is -2.05. The minimum absolute atomic E-state index is 0.0236. The molecule has 1 aromatic carbocycles. The van der Waals surface area contributed by atoms with E-state index in [-0.39, 0.29) is 24.0 Å². The molecule has 8 nitrogen and oxygen atoms in total. The van der Waals surface area contributed by atoms with Gasteiger partial charge in [-0.05, 0) is 25.1 Å². The van der Waals surface area contributed by atoms with Crippen molar-refractivity contribution < 1.29 is 14.3 Å². The Kier molecular flexibility index (Phi) is 5.12. The van der Waals surface area contributed by atoms with Crippen LogP contribution in [0.3, 0.4) is 0 Å². The number of aromatic nitrogens is 4. The Balaban J connectivity index is 1.55. The fourth-order valence-corrected chi connectivity index (χ4v) is 2.35. The Bertz CT molecular complexity index is 928. The van der Waals surface area contributed by atoms with Gasteiger partial charge in [-0.3, -0.25) is 19.4 Å². The fraction of sp³-hybridized carbons (Fsp3) is 0.222. The summed E-state index contributed by atoms with van der Waals surface area (Å²) in [5.41, 5.74) is 2.43. The van der Waals surface area contributed by atoms with E-state index < -0.39 is 0 Å². The molecule has 0 saturated carbocycles. The van der Waals surface area contributed by atoms with Gasteiger partial charge in [0, 0.05) is 30.9 Å². The third-order valence-electron chi connectivity index (χ3n) is 3.71. The van der Waals surface area contributed by atoms with Crippen LogP contribution in [0.1, 0.15) is 39.0 Å². The molecule has 0 saturated heterocycles. The maximum absolute atomic E-state index is 12.1. The summed E-state index contributed by atoms with van der Waals surface area (Å²) in [6, 6.07) is 8.57. The summed E-state index contributed by atoms with van der Waals surface area (Å²) in [6.07, 6.45) is 3.53. The van der Waals surface area contributed by atoms with E-state index >= 15 is 0 Å². The van der Waals surface area contributed by atoms with Gasteiger partial charge in [-0.1, -0.05) is 12.1 Å². The predicted octanol–water partition coefficient (Wildman–Crippen LogP) is 1.85.